The summed E-state index contributed by atoms with van der Waals surface area (Å²) in [6.07, 6.45) is 0.134. The number of hydrogen-bond acceptors (Lipinski definition) is 3. The largest absolute Gasteiger partial charge is 0.492 e. The predicted octanol–water partition coefficient (Wildman–Crippen LogP) is 1.83. The Morgan fingerprint density at radius 2 is 2.06 bits per heavy atom. The van der Waals surface area contributed by atoms with Crippen molar-refractivity contribution >= 4 is 5.97 Å². The first-order chi connectivity index (χ1) is 8.08. The predicted molar refractivity (Wildman–Crippen MR) is 66.4 cm³/mol. The van der Waals surface area contributed by atoms with E-state index in [0.29, 0.717) is 13.2 Å². The van der Waals surface area contributed by atoms with Gasteiger partial charge in [0.05, 0.1) is 6.42 Å². The number of rotatable bonds is 7. The number of benzene rings is 1. The van der Waals surface area contributed by atoms with E-state index in [4.69, 9.17) is 9.84 Å². The maximum absolute atomic E-state index is 10.3. The van der Waals surface area contributed by atoms with Gasteiger partial charge in [-0.1, -0.05) is 17.7 Å². The van der Waals surface area contributed by atoms with Crippen LogP contribution in [0.15, 0.2) is 24.3 Å². The molecule has 4 nitrogen and oxygen atoms in total. The van der Waals surface area contributed by atoms with E-state index in [1.54, 1.807) is 0 Å². The Kier molecular flexibility index (Phi) is 5.49. The van der Waals surface area contributed by atoms with Crippen LogP contribution in [-0.4, -0.2) is 30.3 Å². The molecule has 0 bridgehead atoms. The molecule has 0 spiro atoms. The average molecular weight is 237 g/mol. The van der Waals surface area contributed by atoms with Gasteiger partial charge in [-0.15, -0.1) is 0 Å². The molecule has 0 heterocycles. The fourth-order valence-electron chi connectivity index (χ4n) is 1.34. The average Bonchev–Trinajstić information content (AvgIpc) is 2.28. The molecule has 94 valence electrons. The van der Waals surface area contributed by atoms with E-state index in [9.17, 15) is 4.79 Å². The van der Waals surface area contributed by atoms with Gasteiger partial charge in [0.25, 0.3) is 0 Å². The fourth-order valence-corrected chi connectivity index (χ4v) is 1.34. The summed E-state index contributed by atoms with van der Waals surface area (Å²) in [7, 11) is 0. The van der Waals surface area contributed by atoms with Crippen LogP contribution < -0.4 is 10.1 Å². The zero-order chi connectivity index (χ0) is 12.7. The topological polar surface area (TPSA) is 58.6 Å². The molecule has 0 amide bonds. The molecule has 1 aromatic rings. The standard InChI is InChI=1S/C13H19NO3/c1-10-3-5-12(6-4-10)17-9-11(2)14-8-7-13(15)16/h3-6,11,14H,7-9H2,1-2H3,(H,15,16). The maximum atomic E-state index is 10.3. The van der Waals surface area contributed by atoms with Gasteiger partial charge in [-0.2, -0.15) is 0 Å². The second-order valence-corrected chi connectivity index (χ2v) is 4.12. The highest BCUT2D eigenvalue weighted by Crippen LogP contribution is 2.11. The highest BCUT2D eigenvalue weighted by atomic mass is 16.5. The molecule has 0 saturated carbocycles. The van der Waals surface area contributed by atoms with Crippen LogP contribution in [0.1, 0.15) is 18.9 Å². The van der Waals surface area contributed by atoms with E-state index in [1.165, 1.54) is 5.56 Å². The van der Waals surface area contributed by atoms with Crippen molar-refractivity contribution in [1.29, 1.82) is 0 Å². The molecule has 1 rings (SSSR count). The third kappa shape index (κ3) is 5.92. The fraction of sp³-hybridized carbons (Fsp3) is 0.462. The first kappa shape index (κ1) is 13.5. The number of carboxylic acid groups (broad SMARTS) is 1. The molecule has 17 heavy (non-hydrogen) atoms. The van der Waals surface area contributed by atoms with Crippen molar-refractivity contribution in [2.75, 3.05) is 13.2 Å². The summed E-state index contributed by atoms with van der Waals surface area (Å²) in [5.41, 5.74) is 1.20. The molecular formula is C13H19NO3. The van der Waals surface area contributed by atoms with Gasteiger partial charge in [-0.3, -0.25) is 4.79 Å². The molecule has 0 aliphatic carbocycles. The van der Waals surface area contributed by atoms with Gasteiger partial charge in [-0.25, -0.2) is 0 Å². The Morgan fingerprint density at radius 1 is 1.41 bits per heavy atom. The Bertz CT molecular complexity index is 348. The van der Waals surface area contributed by atoms with Crippen LogP contribution in [-0.2, 0) is 4.79 Å². The van der Waals surface area contributed by atoms with E-state index >= 15 is 0 Å². The lowest BCUT2D eigenvalue weighted by atomic mass is 10.2. The van der Waals surface area contributed by atoms with E-state index in [2.05, 4.69) is 5.32 Å². The molecule has 4 heteroatoms. The molecule has 1 aromatic carbocycles. The molecule has 0 aromatic heterocycles. The van der Waals surface area contributed by atoms with E-state index < -0.39 is 5.97 Å². The Morgan fingerprint density at radius 3 is 2.65 bits per heavy atom. The number of ether oxygens (including phenoxy) is 1. The van der Waals surface area contributed by atoms with Crippen LogP contribution in [0.3, 0.4) is 0 Å². The third-order valence-corrected chi connectivity index (χ3v) is 2.35. The number of aryl methyl sites for hydroxylation is 1. The lowest BCUT2D eigenvalue weighted by Crippen LogP contribution is -2.33. The summed E-state index contributed by atoms with van der Waals surface area (Å²) in [5.74, 6) is 0.0478. The summed E-state index contributed by atoms with van der Waals surface area (Å²) in [5, 5.41) is 11.6. The van der Waals surface area contributed by atoms with Gasteiger partial charge in [0, 0.05) is 12.6 Å². The zero-order valence-electron chi connectivity index (χ0n) is 10.3. The monoisotopic (exact) mass is 237 g/mol. The van der Waals surface area contributed by atoms with E-state index in [1.807, 2.05) is 38.1 Å². The van der Waals surface area contributed by atoms with Crippen LogP contribution in [0.5, 0.6) is 5.75 Å². The van der Waals surface area contributed by atoms with Crippen molar-refractivity contribution < 1.29 is 14.6 Å². The van der Waals surface area contributed by atoms with Gasteiger partial charge in [0.2, 0.25) is 0 Å². The van der Waals surface area contributed by atoms with Gasteiger partial charge < -0.3 is 15.2 Å². The Labute approximate surface area is 102 Å². The van der Waals surface area contributed by atoms with Crippen molar-refractivity contribution in [2.45, 2.75) is 26.3 Å². The summed E-state index contributed by atoms with van der Waals surface area (Å²) in [6, 6.07) is 7.99. The molecular weight excluding hydrogens is 218 g/mol. The minimum Gasteiger partial charge on any atom is -0.492 e. The minimum absolute atomic E-state index is 0.134. The Balaban J connectivity index is 2.21. The number of carboxylic acids is 1. The normalized spacial score (nSPS) is 12.1. The van der Waals surface area contributed by atoms with Crippen molar-refractivity contribution in [3.63, 3.8) is 0 Å². The summed E-state index contributed by atoms with van der Waals surface area (Å²) in [4.78, 5) is 10.3. The first-order valence-electron chi connectivity index (χ1n) is 5.72. The maximum Gasteiger partial charge on any atom is 0.304 e. The number of aliphatic carboxylic acids is 1. The third-order valence-electron chi connectivity index (χ3n) is 2.35. The molecule has 2 N–H and O–H groups in total. The van der Waals surface area contributed by atoms with Crippen molar-refractivity contribution in [3.05, 3.63) is 29.8 Å². The number of carbonyl (C=O) groups is 1. The summed E-state index contributed by atoms with van der Waals surface area (Å²) in [6.45, 7) is 4.99. The summed E-state index contributed by atoms with van der Waals surface area (Å²) >= 11 is 0. The van der Waals surface area contributed by atoms with Crippen LogP contribution in [0.2, 0.25) is 0 Å². The smallest absolute Gasteiger partial charge is 0.304 e. The van der Waals surface area contributed by atoms with Crippen LogP contribution in [0, 0.1) is 6.92 Å². The molecule has 0 aliphatic rings. The minimum atomic E-state index is -0.788. The molecule has 1 atom stereocenters. The second-order valence-electron chi connectivity index (χ2n) is 4.12. The van der Waals surface area contributed by atoms with E-state index in [0.717, 1.165) is 5.75 Å². The number of nitrogens with one attached hydrogen (secondary N) is 1. The molecule has 1 unspecified atom stereocenters. The molecule has 0 radical (unpaired) electrons. The Hall–Kier alpha value is -1.55. The quantitative estimate of drug-likeness (QED) is 0.759. The van der Waals surface area contributed by atoms with Gasteiger partial charge in [-0.05, 0) is 26.0 Å². The van der Waals surface area contributed by atoms with Gasteiger partial charge >= 0.3 is 5.97 Å². The first-order valence-corrected chi connectivity index (χ1v) is 5.72. The highest BCUT2D eigenvalue weighted by Gasteiger charge is 2.03. The number of hydrogen-bond donors (Lipinski definition) is 2. The SMILES string of the molecule is Cc1ccc(OCC(C)NCCC(=O)O)cc1. The van der Waals surface area contributed by atoms with Gasteiger partial charge in [0.1, 0.15) is 12.4 Å². The molecule has 0 saturated heterocycles. The lowest BCUT2D eigenvalue weighted by molar-refractivity contribution is -0.136. The molecule has 0 fully saturated rings. The van der Waals surface area contributed by atoms with Crippen LogP contribution in [0.25, 0.3) is 0 Å². The zero-order valence-corrected chi connectivity index (χ0v) is 10.3. The second kappa shape index (κ2) is 6.91. The van der Waals surface area contributed by atoms with Crippen molar-refractivity contribution in [3.8, 4) is 5.75 Å². The molecule has 0 aliphatic heterocycles. The van der Waals surface area contributed by atoms with Crippen LogP contribution >= 0.6 is 0 Å². The van der Waals surface area contributed by atoms with E-state index in [-0.39, 0.29) is 12.5 Å². The van der Waals surface area contributed by atoms with Crippen molar-refractivity contribution in [1.82, 2.24) is 5.32 Å². The van der Waals surface area contributed by atoms with Crippen LogP contribution in [0.4, 0.5) is 0 Å². The van der Waals surface area contributed by atoms with Gasteiger partial charge in [0.15, 0.2) is 0 Å². The summed E-state index contributed by atoms with van der Waals surface area (Å²) < 4.78 is 5.57. The van der Waals surface area contributed by atoms with Crippen molar-refractivity contribution in [2.24, 2.45) is 0 Å². The lowest BCUT2D eigenvalue weighted by Gasteiger charge is -2.14. The highest BCUT2D eigenvalue weighted by molar-refractivity contribution is 5.66.